The molecule has 0 aliphatic rings. The number of rotatable bonds is 7. The van der Waals surface area contributed by atoms with Gasteiger partial charge in [0.2, 0.25) is 0 Å². The Morgan fingerprint density at radius 3 is 2.50 bits per heavy atom. The van der Waals surface area contributed by atoms with Crippen molar-refractivity contribution in [3.05, 3.63) is 30.3 Å². The van der Waals surface area contributed by atoms with Crippen molar-refractivity contribution in [2.24, 2.45) is 0 Å². The molecule has 0 radical (unpaired) electrons. The van der Waals surface area contributed by atoms with Crippen molar-refractivity contribution in [3.63, 3.8) is 0 Å². The van der Waals surface area contributed by atoms with E-state index in [1.165, 1.54) is 0 Å². The topological polar surface area (TPSA) is 50.4 Å². The second-order valence-electron chi connectivity index (χ2n) is 4.48. The quantitative estimate of drug-likeness (QED) is 0.728. The first-order valence-corrected chi connectivity index (χ1v) is 6.30. The minimum absolute atomic E-state index is 0.120. The highest BCUT2D eigenvalue weighted by molar-refractivity contribution is 5.93. The Morgan fingerprint density at radius 2 is 1.89 bits per heavy atom. The summed E-state index contributed by atoms with van der Waals surface area (Å²) in [5.41, 5.74) is 0.790. The highest BCUT2D eigenvalue weighted by atomic mass is 16.5. The van der Waals surface area contributed by atoms with Gasteiger partial charge in [-0.3, -0.25) is 4.79 Å². The maximum absolute atomic E-state index is 11.8. The van der Waals surface area contributed by atoms with E-state index in [1.54, 1.807) is 6.92 Å². The summed E-state index contributed by atoms with van der Waals surface area (Å²) in [6.45, 7) is 7.19. The maximum Gasteiger partial charge on any atom is 0.253 e. The van der Waals surface area contributed by atoms with Gasteiger partial charge in [-0.1, -0.05) is 32.0 Å². The number of carbonyl (C=O) groups excluding carboxylic acids is 1. The molecule has 0 aliphatic heterocycles. The number of nitrogens with one attached hydrogen (secondary N) is 2. The van der Waals surface area contributed by atoms with E-state index in [0.717, 1.165) is 12.2 Å². The molecule has 1 rings (SSSR count). The second-order valence-corrected chi connectivity index (χ2v) is 4.48. The van der Waals surface area contributed by atoms with Crippen LogP contribution in [-0.4, -0.2) is 31.2 Å². The molecule has 0 aliphatic carbocycles. The van der Waals surface area contributed by atoms with Crippen molar-refractivity contribution in [2.75, 3.05) is 18.5 Å². The van der Waals surface area contributed by atoms with Gasteiger partial charge in [0.25, 0.3) is 5.91 Å². The van der Waals surface area contributed by atoms with E-state index in [4.69, 9.17) is 4.74 Å². The van der Waals surface area contributed by atoms with Crippen LogP contribution in [0.15, 0.2) is 30.3 Å². The molecular formula is C14H22N2O2. The monoisotopic (exact) mass is 250 g/mol. The Balaban J connectivity index is 2.25. The predicted octanol–water partition coefficient (Wildman–Crippen LogP) is 2.03. The molecule has 0 fully saturated rings. The summed E-state index contributed by atoms with van der Waals surface area (Å²) in [4.78, 5) is 11.8. The van der Waals surface area contributed by atoms with E-state index in [9.17, 15) is 4.79 Å². The molecule has 100 valence electrons. The summed E-state index contributed by atoms with van der Waals surface area (Å²) in [5, 5.41) is 6.04. The fourth-order valence-corrected chi connectivity index (χ4v) is 1.42. The number of hydrogen-bond acceptors (Lipinski definition) is 3. The average molecular weight is 250 g/mol. The minimum Gasteiger partial charge on any atom is -0.367 e. The van der Waals surface area contributed by atoms with E-state index in [1.807, 2.05) is 30.3 Å². The van der Waals surface area contributed by atoms with Crippen LogP contribution in [0.25, 0.3) is 0 Å². The molecule has 0 bridgehead atoms. The standard InChI is InChI=1S/C14H22N2O2/c1-11(2)15-9-10-18-12(3)14(17)16-13-7-5-4-6-8-13/h4-8,11-12,15H,9-10H2,1-3H3,(H,16,17). The highest BCUT2D eigenvalue weighted by Crippen LogP contribution is 2.06. The Morgan fingerprint density at radius 1 is 1.22 bits per heavy atom. The van der Waals surface area contributed by atoms with E-state index in [-0.39, 0.29) is 5.91 Å². The lowest BCUT2D eigenvalue weighted by Crippen LogP contribution is -2.32. The number of amides is 1. The zero-order valence-electron chi connectivity index (χ0n) is 11.3. The van der Waals surface area contributed by atoms with Crippen LogP contribution in [0, 0.1) is 0 Å². The summed E-state index contributed by atoms with van der Waals surface area (Å²) in [6.07, 6.45) is -0.445. The van der Waals surface area contributed by atoms with Gasteiger partial charge in [0.05, 0.1) is 6.61 Å². The van der Waals surface area contributed by atoms with Gasteiger partial charge >= 0.3 is 0 Å². The molecular weight excluding hydrogens is 228 g/mol. The van der Waals surface area contributed by atoms with Crippen LogP contribution in [0.3, 0.4) is 0 Å². The molecule has 2 N–H and O–H groups in total. The third-order valence-electron chi connectivity index (χ3n) is 2.43. The largest absolute Gasteiger partial charge is 0.367 e. The van der Waals surface area contributed by atoms with Gasteiger partial charge in [0, 0.05) is 18.3 Å². The lowest BCUT2D eigenvalue weighted by Gasteiger charge is -2.14. The molecule has 0 spiro atoms. The molecule has 0 aromatic heterocycles. The first-order valence-electron chi connectivity index (χ1n) is 6.30. The average Bonchev–Trinajstić information content (AvgIpc) is 2.35. The molecule has 0 saturated heterocycles. The maximum atomic E-state index is 11.8. The molecule has 1 atom stereocenters. The van der Waals surface area contributed by atoms with Crippen molar-refractivity contribution in [1.29, 1.82) is 0 Å². The van der Waals surface area contributed by atoms with Crippen molar-refractivity contribution < 1.29 is 9.53 Å². The van der Waals surface area contributed by atoms with Crippen molar-refractivity contribution in [1.82, 2.24) is 5.32 Å². The van der Waals surface area contributed by atoms with Gasteiger partial charge in [-0.2, -0.15) is 0 Å². The molecule has 0 saturated carbocycles. The number of hydrogen-bond donors (Lipinski definition) is 2. The normalized spacial score (nSPS) is 12.4. The lowest BCUT2D eigenvalue weighted by molar-refractivity contribution is -0.126. The summed E-state index contributed by atoms with van der Waals surface area (Å²) in [5.74, 6) is -0.120. The molecule has 1 amide bonds. The minimum atomic E-state index is -0.445. The van der Waals surface area contributed by atoms with Crippen molar-refractivity contribution in [2.45, 2.75) is 32.9 Å². The molecule has 4 heteroatoms. The van der Waals surface area contributed by atoms with Crippen molar-refractivity contribution >= 4 is 11.6 Å². The summed E-state index contributed by atoms with van der Waals surface area (Å²) >= 11 is 0. The molecule has 4 nitrogen and oxygen atoms in total. The Bertz CT molecular complexity index is 352. The predicted molar refractivity (Wildman–Crippen MR) is 73.6 cm³/mol. The SMILES string of the molecule is CC(C)NCCOC(C)C(=O)Nc1ccccc1. The first-order chi connectivity index (χ1) is 8.59. The van der Waals surface area contributed by atoms with Crippen LogP contribution in [0.2, 0.25) is 0 Å². The molecule has 18 heavy (non-hydrogen) atoms. The third-order valence-corrected chi connectivity index (χ3v) is 2.43. The van der Waals surface area contributed by atoms with Crippen LogP contribution < -0.4 is 10.6 Å². The van der Waals surface area contributed by atoms with E-state index in [2.05, 4.69) is 24.5 Å². The molecule has 1 unspecified atom stereocenters. The lowest BCUT2D eigenvalue weighted by atomic mass is 10.3. The van der Waals surface area contributed by atoms with Gasteiger partial charge in [0.15, 0.2) is 0 Å². The van der Waals surface area contributed by atoms with E-state index < -0.39 is 6.10 Å². The molecule has 1 aromatic rings. The smallest absolute Gasteiger partial charge is 0.253 e. The second kappa shape index (κ2) is 7.84. The van der Waals surface area contributed by atoms with Crippen molar-refractivity contribution in [3.8, 4) is 0 Å². The van der Waals surface area contributed by atoms with Gasteiger partial charge in [0.1, 0.15) is 6.10 Å². The van der Waals surface area contributed by atoms with E-state index >= 15 is 0 Å². The van der Waals surface area contributed by atoms with Crippen LogP contribution in [0.1, 0.15) is 20.8 Å². The summed E-state index contributed by atoms with van der Waals surface area (Å²) < 4.78 is 5.45. The Hall–Kier alpha value is -1.39. The summed E-state index contributed by atoms with van der Waals surface area (Å²) in [6, 6.07) is 9.81. The Labute approximate surface area is 109 Å². The van der Waals surface area contributed by atoms with Gasteiger partial charge in [-0.15, -0.1) is 0 Å². The van der Waals surface area contributed by atoms with Gasteiger partial charge in [-0.05, 0) is 19.1 Å². The number of anilines is 1. The summed E-state index contributed by atoms with van der Waals surface area (Å²) in [7, 11) is 0. The van der Waals surface area contributed by atoms with Gasteiger partial charge in [-0.25, -0.2) is 0 Å². The third kappa shape index (κ3) is 5.80. The highest BCUT2D eigenvalue weighted by Gasteiger charge is 2.12. The molecule has 1 aromatic carbocycles. The zero-order chi connectivity index (χ0) is 13.4. The first kappa shape index (κ1) is 14.7. The number of carbonyl (C=O) groups is 1. The van der Waals surface area contributed by atoms with Gasteiger partial charge < -0.3 is 15.4 Å². The fourth-order valence-electron chi connectivity index (χ4n) is 1.42. The van der Waals surface area contributed by atoms with E-state index in [0.29, 0.717) is 12.6 Å². The molecule has 0 heterocycles. The number of para-hydroxylation sites is 1. The van der Waals surface area contributed by atoms with Crippen LogP contribution in [-0.2, 0) is 9.53 Å². The Kier molecular flexibility index (Phi) is 6.39. The fraction of sp³-hybridized carbons (Fsp3) is 0.500. The number of ether oxygens (including phenoxy) is 1. The van der Waals surface area contributed by atoms with Crippen LogP contribution >= 0.6 is 0 Å². The zero-order valence-corrected chi connectivity index (χ0v) is 11.3. The number of benzene rings is 1. The van der Waals surface area contributed by atoms with Crippen LogP contribution in [0.5, 0.6) is 0 Å². The van der Waals surface area contributed by atoms with Crippen LogP contribution in [0.4, 0.5) is 5.69 Å².